The van der Waals surface area contributed by atoms with Crippen molar-refractivity contribution in [2.45, 2.75) is 32.4 Å². The molecule has 4 nitrogen and oxygen atoms in total. The fourth-order valence-electron chi connectivity index (χ4n) is 2.59. The number of benzene rings is 1. The van der Waals surface area contributed by atoms with E-state index in [-0.39, 0.29) is 6.04 Å². The van der Waals surface area contributed by atoms with E-state index in [0.29, 0.717) is 0 Å². The van der Waals surface area contributed by atoms with E-state index in [1.54, 1.807) is 7.11 Å². The molecule has 0 spiro atoms. The number of para-hydroxylation sites is 1. The molecule has 1 aromatic carbocycles. The van der Waals surface area contributed by atoms with Gasteiger partial charge in [0.2, 0.25) is 0 Å². The molecule has 116 valence electrons. The lowest BCUT2D eigenvalue weighted by molar-refractivity contribution is 0.0982. The predicted molar refractivity (Wildman–Crippen MR) is 86.6 cm³/mol. The van der Waals surface area contributed by atoms with Gasteiger partial charge in [-0.1, -0.05) is 18.2 Å². The molecule has 2 aromatic rings. The van der Waals surface area contributed by atoms with Crippen LogP contribution in [0.4, 0.5) is 0 Å². The van der Waals surface area contributed by atoms with E-state index < -0.39 is 0 Å². The molecule has 0 saturated carbocycles. The minimum Gasteiger partial charge on any atom is -0.385 e. The third-order valence-electron chi connectivity index (χ3n) is 3.53. The van der Waals surface area contributed by atoms with E-state index in [2.05, 4.69) is 35.0 Å². The maximum atomic E-state index is 5.95. The quantitative estimate of drug-likeness (QED) is 0.722. The van der Waals surface area contributed by atoms with Gasteiger partial charge in [0.25, 0.3) is 0 Å². The fraction of sp³-hybridized carbons (Fsp3) is 0.529. The number of fused-ring (bicyclic) bond motifs is 1. The van der Waals surface area contributed by atoms with Crippen molar-refractivity contribution in [3.05, 3.63) is 36.0 Å². The number of nitrogens with zero attached hydrogens (tertiary/aromatic N) is 1. The largest absolute Gasteiger partial charge is 0.385 e. The van der Waals surface area contributed by atoms with Gasteiger partial charge in [-0.2, -0.15) is 0 Å². The molecule has 1 unspecified atom stereocenters. The molecule has 0 aliphatic heterocycles. The lowest BCUT2D eigenvalue weighted by Gasteiger charge is -2.06. The van der Waals surface area contributed by atoms with Crippen LogP contribution in [0.3, 0.4) is 0 Å². The van der Waals surface area contributed by atoms with Gasteiger partial charge in [0.15, 0.2) is 0 Å². The molecule has 0 bridgehead atoms. The van der Waals surface area contributed by atoms with E-state index in [1.807, 2.05) is 6.92 Å². The lowest BCUT2D eigenvalue weighted by atomic mass is 10.1. The van der Waals surface area contributed by atoms with Crippen LogP contribution in [-0.4, -0.2) is 37.5 Å². The molecular formula is C17H26N2O2. The van der Waals surface area contributed by atoms with Crippen molar-refractivity contribution in [2.24, 2.45) is 5.73 Å². The van der Waals surface area contributed by atoms with E-state index in [0.717, 1.165) is 39.2 Å². The Balaban J connectivity index is 1.99. The highest BCUT2D eigenvalue weighted by Gasteiger charge is 2.09. The molecule has 1 atom stereocenters. The van der Waals surface area contributed by atoms with Crippen molar-refractivity contribution in [2.75, 3.05) is 26.9 Å². The van der Waals surface area contributed by atoms with Gasteiger partial charge >= 0.3 is 0 Å². The van der Waals surface area contributed by atoms with Crippen LogP contribution in [-0.2, 0) is 22.4 Å². The Kier molecular flexibility index (Phi) is 6.23. The standard InChI is InChI=1S/C17H26N2O2/c1-14(18)12-15-13-19(8-11-21-10-5-9-20-2)17-7-4-3-6-16(15)17/h3-4,6-7,13-14H,5,8-12,18H2,1-2H3. The Bertz CT molecular complexity index is 549. The van der Waals surface area contributed by atoms with Crippen LogP contribution in [0.2, 0.25) is 0 Å². The highest BCUT2D eigenvalue weighted by Crippen LogP contribution is 2.22. The number of aromatic nitrogens is 1. The molecule has 1 aromatic heterocycles. The lowest BCUT2D eigenvalue weighted by Crippen LogP contribution is -2.17. The summed E-state index contributed by atoms with van der Waals surface area (Å²) in [6.45, 7) is 5.14. The Hall–Kier alpha value is -1.36. The van der Waals surface area contributed by atoms with Gasteiger partial charge in [-0.05, 0) is 31.4 Å². The summed E-state index contributed by atoms with van der Waals surface area (Å²) < 4.78 is 12.9. The van der Waals surface area contributed by atoms with Gasteiger partial charge in [0.1, 0.15) is 0 Å². The van der Waals surface area contributed by atoms with Gasteiger partial charge < -0.3 is 19.8 Å². The maximum Gasteiger partial charge on any atom is 0.0645 e. The second-order valence-electron chi connectivity index (χ2n) is 5.51. The summed E-state index contributed by atoms with van der Waals surface area (Å²) in [7, 11) is 1.71. The van der Waals surface area contributed by atoms with Gasteiger partial charge in [0, 0.05) is 50.0 Å². The average molecular weight is 290 g/mol. The first kappa shape index (κ1) is 16.0. The highest BCUT2D eigenvalue weighted by atomic mass is 16.5. The third-order valence-corrected chi connectivity index (χ3v) is 3.53. The first-order valence-electron chi connectivity index (χ1n) is 7.61. The number of nitrogens with two attached hydrogens (primary N) is 1. The normalized spacial score (nSPS) is 12.9. The minimum absolute atomic E-state index is 0.176. The number of ether oxygens (including phenoxy) is 2. The zero-order valence-corrected chi connectivity index (χ0v) is 13.0. The molecule has 0 radical (unpaired) electrons. The summed E-state index contributed by atoms with van der Waals surface area (Å²) in [6, 6.07) is 8.66. The summed E-state index contributed by atoms with van der Waals surface area (Å²) >= 11 is 0. The second kappa shape index (κ2) is 8.17. The first-order chi connectivity index (χ1) is 10.2. The number of hydrogen-bond donors (Lipinski definition) is 1. The number of methoxy groups -OCH3 is 1. The van der Waals surface area contributed by atoms with Crippen molar-refractivity contribution >= 4 is 10.9 Å². The predicted octanol–water partition coefficient (Wildman–Crippen LogP) is 2.58. The zero-order chi connectivity index (χ0) is 15.1. The molecule has 21 heavy (non-hydrogen) atoms. The SMILES string of the molecule is COCCCOCCn1cc(CC(C)N)c2ccccc21. The van der Waals surface area contributed by atoms with Crippen LogP contribution in [0.25, 0.3) is 10.9 Å². The smallest absolute Gasteiger partial charge is 0.0645 e. The van der Waals surface area contributed by atoms with Crippen LogP contribution in [0.1, 0.15) is 18.9 Å². The topological polar surface area (TPSA) is 49.4 Å². The van der Waals surface area contributed by atoms with Crippen LogP contribution in [0, 0.1) is 0 Å². The Morgan fingerprint density at radius 3 is 2.76 bits per heavy atom. The molecule has 2 N–H and O–H groups in total. The summed E-state index contributed by atoms with van der Waals surface area (Å²) in [5.74, 6) is 0. The highest BCUT2D eigenvalue weighted by molar-refractivity contribution is 5.84. The molecule has 0 amide bonds. The number of hydrogen-bond acceptors (Lipinski definition) is 3. The maximum absolute atomic E-state index is 5.95. The van der Waals surface area contributed by atoms with Gasteiger partial charge in [-0.15, -0.1) is 0 Å². The van der Waals surface area contributed by atoms with E-state index in [1.165, 1.54) is 16.5 Å². The molecule has 1 heterocycles. The van der Waals surface area contributed by atoms with Crippen molar-refractivity contribution in [3.63, 3.8) is 0 Å². The molecule has 0 fully saturated rings. The van der Waals surface area contributed by atoms with Crippen LogP contribution >= 0.6 is 0 Å². The van der Waals surface area contributed by atoms with E-state index in [4.69, 9.17) is 15.2 Å². The van der Waals surface area contributed by atoms with Gasteiger partial charge in [0.05, 0.1) is 6.61 Å². The van der Waals surface area contributed by atoms with Gasteiger partial charge in [-0.25, -0.2) is 0 Å². The summed E-state index contributed by atoms with van der Waals surface area (Å²) in [4.78, 5) is 0. The van der Waals surface area contributed by atoms with Crippen LogP contribution in [0.5, 0.6) is 0 Å². The Morgan fingerprint density at radius 1 is 1.19 bits per heavy atom. The molecule has 0 saturated heterocycles. The van der Waals surface area contributed by atoms with Crippen molar-refractivity contribution in [3.8, 4) is 0 Å². The van der Waals surface area contributed by atoms with Crippen molar-refractivity contribution in [1.82, 2.24) is 4.57 Å². The van der Waals surface area contributed by atoms with Crippen LogP contribution in [0.15, 0.2) is 30.5 Å². The fourth-order valence-corrected chi connectivity index (χ4v) is 2.59. The van der Waals surface area contributed by atoms with Crippen molar-refractivity contribution in [1.29, 1.82) is 0 Å². The Morgan fingerprint density at radius 2 is 2.00 bits per heavy atom. The molecule has 0 aliphatic carbocycles. The van der Waals surface area contributed by atoms with E-state index >= 15 is 0 Å². The van der Waals surface area contributed by atoms with Gasteiger partial charge in [-0.3, -0.25) is 0 Å². The second-order valence-corrected chi connectivity index (χ2v) is 5.51. The molecule has 2 rings (SSSR count). The average Bonchev–Trinajstić information content (AvgIpc) is 2.81. The van der Waals surface area contributed by atoms with E-state index in [9.17, 15) is 0 Å². The monoisotopic (exact) mass is 290 g/mol. The number of rotatable bonds is 9. The molecule has 4 heteroatoms. The molecule has 0 aliphatic rings. The molecular weight excluding hydrogens is 264 g/mol. The Labute approximate surface area is 126 Å². The van der Waals surface area contributed by atoms with Crippen LogP contribution < -0.4 is 5.73 Å². The summed E-state index contributed by atoms with van der Waals surface area (Å²) in [6.07, 6.45) is 4.06. The van der Waals surface area contributed by atoms with Crippen molar-refractivity contribution < 1.29 is 9.47 Å². The minimum atomic E-state index is 0.176. The summed E-state index contributed by atoms with van der Waals surface area (Å²) in [5.41, 5.74) is 8.52. The zero-order valence-electron chi connectivity index (χ0n) is 13.0. The first-order valence-corrected chi connectivity index (χ1v) is 7.61. The third kappa shape index (κ3) is 4.56. The summed E-state index contributed by atoms with van der Waals surface area (Å²) in [5, 5.41) is 1.30.